The number of hydrogen-bond acceptors (Lipinski definition) is 3. The van der Waals surface area contributed by atoms with Crippen molar-refractivity contribution in [2.75, 3.05) is 11.4 Å². The van der Waals surface area contributed by atoms with Crippen molar-refractivity contribution in [1.82, 2.24) is 14.5 Å². The third kappa shape index (κ3) is 3.40. The zero-order chi connectivity index (χ0) is 18.8. The molecule has 6 heteroatoms. The average Bonchev–Trinajstić information content (AvgIpc) is 3.03. The van der Waals surface area contributed by atoms with E-state index in [1.165, 1.54) is 0 Å². The van der Waals surface area contributed by atoms with Gasteiger partial charge in [-0.3, -0.25) is 0 Å². The number of rotatable bonds is 6. The quantitative estimate of drug-likeness (QED) is 0.477. The van der Waals surface area contributed by atoms with Crippen LogP contribution in [0.2, 0.25) is 10.0 Å². The van der Waals surface area contributed by atoms with Crippen molar-refractivity contribution in [3.8, 4) is 0 Å². The molecule has 3 aromatic rings. The second kappa shape index (κ2) is 7.85. The Kier molecular flexibility index (Phi) is 5.73. The van der Waals surface area contributed by atoms with Gasteiger partial charge in [0.25, 0.3) is 0 Å². The Hall–Kier alpha value is -1.78. The molecule has 0 atom stereocenters. The summed E-state index contributed by atoms with van der Waals surface area (Å²) >= 11 is 12.5. The summed E-state index contributed by atoms with van der Waals surface area (Å²) in [4.78, 5) is 11.7. The Morgan fingerprint density at radius 2 is 1.81 bits per heavy atom. The molecule has 0 saturated carbocycles. The first-order valence-corrected chi connectivity index (χ1v) is 9.83. The lowest BCUT2D eigenvalue weighted by Gasteiger charge is -2.23. The molecule has 0 radical (unpaired) electrons. The fourth-order valence-electron chi connectivity index (χ4n) is 3.39. The predicted molar refractivity (Wildman–Crippen MR) is 111 cm³/mol. The number of nitrogens with zero attached hydrogens (tertiary/aromatic N) is 4. The topological polar surface area (TPSA) is 34.0 Å². The summed E-state index contributed by atoms with van der Waals surface area (Å²) in [6, 6.07) is 8.04. The van der Waals surface area contributed by atoms with Gasteiger partial charge in [0.2, 0.25) is 5.95 Å². The zero-order valence-corrected chi connectivity index (χ0v) is 17.1. The van der Waals surface area contributed by atoms with Crippen LogP contribution in [0.5, 0.6) is 0 Å². The number of hydrogen-bond donors (Lipinski definition) is 0. The largest absolute Gasteiger partial charge is 0.329 e. The second-order valence-electron chi connectivity index (χ2n) is 6.38. The van der Waals surface area contributed by atoms with E-state index in [0.29, 0.717) is 28.6 Å². The van der Waals surface area contributed by atoms with E-state index in [4.69, 9.17) is 33.2 Å². The molecule has 0 aliphatic heterocycles. The molecule has 138 valence electrons. The van der Waals surface area contributed by atoms with Crippen LogP contribution in [0, 0.1) is 6.92 Å². The Morgan fingerprint density at radius 3 is 2.42 bits per heavy atom. The summed E-state index contributed by atoms with van der Waals surface area (Å²) in [6.07, 6.45) is 4.26. The Labute approximate surface area is 164 Å². The monoisotopic (exact) mass is 390 g/mol. The van der Waals surface area contributed by atoms with E-state index in [0.717, 1.165) is 35.3 Å². The van der Waals surface area contributed by atoms with Crippen LogP contribution < -0.4 is 4.90 Å². The van der Waals surface area contributed by atoms with Gasteiger partial charge in [0.1, 0.15) is 5.65 Å². The average molecular weight is 391 g/mol. The third-order valence-electron chi connectivity index (χ3n) is 4.84. The van der Waals surface area contributed by atoms with Crippen LogP contribution in [0.25, 0.3) is 11.0 Å². The number of anilines is 2. The minimum Gasteiger partial charge on any atom is -0.329 e. The minimum atomic E-state index is 0.434. The highest BCUT2D eigenvalue weighted by Crippen LogP contribution is 2.34. The molecule has 3 rings (SSSR count). The van der Waals surface area contributed by atoms with Gasteiger partial charge < -0.3 is 9.47 Å². The first kappa shape index (κ1) is 19.0. The molecule has 2 aromatic heterocycles. The summed E-state index contributed by atoms with van der Waals surface area (Å²) in [5, 5.41) is 2.31. The molecule has 0 spiro atoms. The normalized spacial score (nSPS) is 11.5. The molecule has 0 amide bonds. The van der Waals surface area contributed by atoms with Crippen LogP contribution in [0.15, 0.2) is 30.5 Å². The molecule has 0 fully saturated rings. The van der Waals surface area contributed by atoms with Gasteiger partial charge in [-0.15, -0.1) is 0 Å². The van der Waals surface area contributed by atoms with Gasteiger partial charge in [0, 0.05) is 29.2 Å². The van der Waals surface area contributed by atoms with E-state index >= 15 is 0 Å². The van der Waals surface area contributed by atoms with Crippen LogP contribution in [0.3, 0.4) is 0 Å². The number of halogens is 2. The fourth-order valence-corrected chi connectivity index (χ4v) is 3.90. The Balaban J connectivity index is 2.15. The van der Waals surface area contributed by atoms with Crippen LogP contribution in [-0.4, -0.2) is 21.1 Å². The number of aromatic nitrogens is 3. The molecule has 4 nitrogen and oxygen atoms in total. The molecule has 0 N–H and O–H groups in total. The maximum atomic E-state index is 6.43. The highest BCUT2D eigenvalue weighted by Gasteiger charge is 2.19. The Morgan fingerprint density at radius 1 is 1.08 bits per heavy atom. The van der Waals surface area contributed by atoms with Gasteiger partial charge in [-0.2, -0.15) is 4.98 Å². The molecule has 26 heavy (non-hydrogen) atoms. The summed E-state index contributed by atoms with van der Waals surface area (Å²) in [5.74, 6) is 0.660. The van der Waals surface area contributed by atoms with Crippen molar-refractivity contribution in [3.63, 3.8) is 0 Å². The van der Waals surface area contributed by atoms with Crippen LogP contribution >= 0.6 is 23.2 Å². The van der Waals surface area contributed by atoms with Gasteiger partial charge in [-0.05, 0) is 51.0 Å². The van der Waals surface area contributed by atoms with Crippen molar-refractivity contribution >= 4 is 45.9 Å². The van der Waals surface area contributed by atoms with E-state index in [1.54, 1.807) is 6.07 Å². The molecule has 0 saturated heterocycles. The maximum absolute atomic E-state index is 6.43. The molecular formula is C20H24Cl2N4. The van der Waals surface area contributed by atoms with Gasteiger partial charge >= 0.3 is 0 Å². The lowest BCUT2D eigenvalue weighted by molar-refractivity contribution is 0.483. The fraction of sp³-hybridized carbons (Fsp3) is 0.400. The van der Waals surface area contributed by atoms with Crippen molar-refractivity contribution in [3.05, 3.63) is 46.2 Å². The van der Waals surface area contributed by atoms with E-state index in [2.05, 4.69) is 37.6 Å². The van der Waals surface area contributed by atoms with Gasteiger partial charge in [-0.1, -0.05) is 37.0 Å². The van der Waals surface area contributed by atoms with E-state index in [-0.39, 0.29) is 0 Å². The van der Waals surface area contributed by atoms with Crippen LogP contribution in [0.1, 0.15) is 45.3 Å². The molecule has 1 aromatic carbocycles. The SMILES string of the molecule is CCC(CC)n1ccc2c(C)nc(N(CC)c3ccc(Cl)cc3Cl)nc21. The summed E-state index contributed by atoms with van der Waals surface area (Å²) in [6.45, 7) is 9.22. The minimum absolute atomic E-state index is 0.434. The lowest BCUT2D eigenvalue weighted by atomic mass is 10.2. The van der Waals surface area contributed by atoms with Gasteiger partial charge in [0.15, 0.2) is 0 Å². The van der Waals surface area contributed by atoms with Crippen LogP contribution in [0.4, 0.5) is 11.6 Å². The first-order valence-electron chi connectivity index (χ1n) is 9.07. The smallest absolute Gasteiger partial charge is 0.232 e. The molecule has 0 aliphatic rings. The maximum Gasteiger partial charge on any atom is 0.232 e. The summed E-state index contributed by atoms with van der Waals surface area (Å²) < 4.78 is 2.27. The third-order valence-corrected chi connectivity index (χ3v) is 5.38. The number of fused-ring (bicyclic) bond motifs is 1. The summed E-state index contributed by atoms with van der Waals surface area (Å²) in [7, 11) is 0. The number of benzene rings is 1. The highest BCUT2D eigenvalue weighted by atomic mass is 35.5. The first-order chi connectivity index (χ1) is 12.5. The molecule has 0 unspecified atom stereocenters. The van der Waals surface area contributed by atoms with Crippen molar-refractivity contribution < 1.29 is 0 Å². The van der Waals surface area contributed by atoms with E-state index in [9.17, 15) is 0 Å². The molecule has 0 aliphatic carbocycles. The van der Waals surface area contributed by atoms with E-state index < -0.39 is 0 Å². The standard InChI is InChI=1S/C20H24Cl2N4/c1-5-15(6-2)26-11-10-16-13(4)23-20(24-19(16)26)25(7-3)18-9-8-14(21)12-17(18)22/h8-12,15H,5-7H2,1-4H3. The van der Waals surface area contributed by atoms with Gasteiger partial charge in [0.05, 0.1) is 16.4 Å². The molecular weight excluding hydrogens is 367 g/mol. The van der Waals surface area contributed by atoms with E-state index in [1.807, 2.05) is 24.0 Å². The Bertz CT molecular complexity index is 916. The highest BCUT2D eigenvalue weighted by molar-refractivity contribution is 6.36. The lowest BCUT2D eigenvalue weighted by Crippen LogP contribution is -2.20. The molecule has 2 heterocycles. The van der Waals surface area contributed by atoms with Gasteiger partial charge in [-0.25, -0.2) is 4.98 Å². The molecule has 0 bridgehead atoms. The summed E-state index contributed by atoms with van der Waals surface area (Å²) in [5.41, 5.74) is 2.81. The van der Waals surface area contributed by atoms with Crippen molar-refractivity contribution in [2.24, 2.45) is 0 Å². The van der Waals surface area contributed by atoms with Crippen LogP contribution in [-0.2, 0) is 0 Å². The predicted octanol–water partition coefficient (Wildman–Crippen LogP) is 6.57. The van der Waals surface area contributed by atoms with Crippen molar-refractivity contribution in [2.45, 2.75) is 46.6 Å². The number of aryl methyl sites for hydroxylation is 1. The van der Waals surface area contributed by atoms with Crippen molar-refractivity contribution in [1.29, 1.82) is 0 Å². The zero-order valence-electron chi connectivity index (χ0n) is 15.6. The second-order valence-corrected chi connectivity index (χ2v) is 7.22.